The summed E-state index contributed by atoms with van der Waals surface area (Å²) >= 11 is 12.9. The molecule has 0 bridgehead atoms. The topological polar surface area (TPSA) is 29.9 Å². The molecule has 1 aromatic heterocycles. The molecule has 2 aromatic rings. The van der Waals surface area contributed by atoms with E-state index in [-0.39, 0.29) is 0 Å². The third-order valence-electron chi connectivity index (χ3n) is 2.22. The first-order valence-corrected chi connectivity index (χ1v) is 6.89. The number of aryl methyl sites for hydroxylation is 1. The quantitative estimate of drug-likeness (QED) is 0.866. The Labute approximate surface area is 121 Å². The summed E-state index contributed by atoms with van der Waals surface area (Å²) in [5, 5.41) is 8.30. The normalized spacial score (nSPS) is 10.6. The lowest BCUT2D eigenvalue weighted by molar-refractivity contribution is 0.747. The largest absolute Gasteiger partial charge is 0.377 e. The van der Waals surface area contributed by atoms with Crippen molar-refractivity contribution in [2.45, 2.75) is 6.54 Å². The molecule has 0 aliphatic heterocycles. The van der Waals surface area contributed by atoms with Crippen LogP contribution in [0.1, 0.15) is 5.69 Å². The predicted molar refractivity (Wildman–Crippen MR) is 77.4 cm³/mol. The summed E-state index contributed by atoms with van der Waals surface area (Å²) in [6.07, 6.45) is 1.92. The molecule has 0 aliphatic carbocycles. The molecule has 6 heteroatoms. The highest BCUT2D eigenvalue weighted by Gasteiger charge is 2.07. The van der Waals surface area contributed by atoms with E-state index < -0.39 is 0 Å². The fourth-order valence-electron chi connectivity index (χ4n) is 1.45. The highest BCUT2D eigenvalue weighted by atomic mass is 79.9. The van der Waals surface area contributed by atoms with Crippen LogP contribution < -0.4 is 5.32 Å². The van der Waals surface area contributed by atoms with Crippen molar-refractivity contribution in [3.05, 3.63) is 44.1 Å². The first kappa shape index (κ1) is 12.9. The molecule has 2 rings (SSSR count). The summed E-state index contributed by atoms with van der Waals surface area (Å²) in [6.45, 7) is 0.666. The third-order valence-corrected chi connectivity index (χ3v) is 3.69. The van der Waals surface area contributed by atoms with E-state index in [2.05, 4.69) is 42.3 Å². The van der Waals surface area contributed by atoms with Crippen molar-refractivity contribution in [3.8, 4) is 0 Å². The van der Waals surface area contributed by atoms with Crippen LogP contribution in [0.4, 0.5) is 5.69 Å². The molecular formula is C11H10Br2ClN3. The van der Waals surface area contributed by atoms with Gasteiger partial charge in [0.2, 0.25) is 0 Å². The lowest BCUT2D eigenvalue weighted by Gasteiger charge is -2.10. The number of rotatable bonds is 3. The van der Waals surface area contributed by atoms with E-state index in [4.69, 9.17) is 11.6 Å². The number of hydrogen-bond donors (Lipinski definition) is 1. The summed E-state index contributed by atoms with van der Waals surface area (Å²) in [5.74, 6) is 0. The molecular weight excluding hydrogens is 369 g/mol. The van der Waals surface area contributed by atoms with Crippen molar-refractivity contribution >= 4 is 49.1 Å². The molecule has 1 N–H and O–H groups in total. The third kappa shape index (κ3) is 3.24. The summed E-state index contributed by atoms with van der Waals surface area (Å²) in [5.41, 5.74) is 1.96. The lowest BCUT2D eigenvalue weighted by atomic mass is 10.3. The average molecular weight is 379 g/mol. The minimum atomic E-state index is 0.666. The zero-order valence-corrected chi connectivity index (χ0v) is 13.0. The van der Waals surface area contributed by atoms with Gasteiger partial charge in [-0.25, -0.2) is 0 Å². The van der Waals surface area contributed by atoms with Gasteiger partial charge in [0.25, 0.3) is 0 Å². The van der Waals surface area contributed by atoms with Crippen LogP contribution in [0.3, 0.4) is 0 Å². The standard InChI is InChI=1S/C11H10Br2ClN3/c1-17-3-2-8(16-17)6-15-11-9(12)4-7(14)5-10(11)13/h2-5,15H,6H2,1H3. The molecule has 3 nitrogen and oxygen atoms in total. The first-order chi connectivity index (χ1) is 8.06. The number of aromatic nitrogens is 2. The molecule has 0 radical (unpaired) electrons. The maximum absolute atomic E-state index is 5.94. The van der Waals surface area contributed by atoms with Gasteiger partial charge in [-0.15, -0.1) is 0 Å². The second-order valence-electron chi connectivity index (χ2n) is 3.58. The van der Waals surface area contributed by atoms with E-state index in [0.29, 0.717) is 11.6 Å². The Kier molecular flexibility index (Phi) is 4.12. The minimum Gasteiger partial charge on any atom is -0.377 e. The van der Waals surface area contributed by atoms with Gasteiger partial charge in [0.05, 0.1) is 17.9 Å². The zero-order valence-electron chi connectivity index (χ0n) is 9.04. The Morgan fingerprint density at radius 2 is 2.00 bits per heavy atom. The molecule has 90 valence electrons. The van der Waals surface area contributed by atoms with Gasteiger partial charge in [-0.3, -0.25) is 4.68 Å². The van der Waals surface area contributed by atoms with Crippen LogP contribution in [0.15, 0.2) is 33.3 Å². The first-order valence-electron chi connectivity index (χ1n) is 4.93. The summed E-state index contributed by atoms with van der Waals surface area (Å²) in [4.78, 5) is 0. The number of halogens is 3. The van der Waals surface area contributed by atoms with Gasteiger partial charge >= 0.3 is 0 Å². The smallest absolute Gasteiger partial charge is 0.0815 e. The van der Waals surface area contributed by atoms with Gasteiger partial charge in [0.1, 0.15) is 0 Å². The molecule has 1 aromatic carbocycles. The van der Waals surface area contributed by atoms with E-state index in [1.165, 1.54) is 0 Å². The molecule has 0 fully saturated rings. The van der Waals surface area contributed by atoms with Gasteiger partial charge in [0, 0.05) is 27.2 Å². The van der Waals surface area contributed by atoms with Crippen molar-refractivity contribution in [2.75, 3.05) is 5.32 Å². The summed E-state index contributed by atoms with van der Waals surface area (Å²) < 4.78 is 3.63. The molecule has 0 amide bonds. The minimum absolute atomic E-state index is 0.666. The number of nitrogens with zero attached hydrogens (tertiary/aromatic N) is 2. The molecule has 0 unspecified atom stereocenters. The van der Waals surface area contributed by atoms with Crippen LogP contribution in [-0.4, -0.2) is 9.78 Å². The zero-order chi connectivity index (χ0) is 12.4. The van der Waals surface area contributed by atoms with E-state index in [1.807, 2.05) is 31.4 Å². The Morgan fingerprint density at radius 3 is 2.53 bits per heavy atom. The predicted octanol–water partition coefficient (Wildman–Crippen LogP) is 4.21. The molecule has 0 atom stereocenters. The van der Waals surface area contributed by atoms with Crippen molar-refractivity contribution < 1.29 is 0 Å². The number of nitrogens with one attached hydrogen (secondary N) is 1. The lowest BCUT2D eigenvalue weighted by Crippen LogP contribution is -2.02. The van der Waals surface area contributed by atoms with Gasteiger partial charge < -0.3 is 5.32 Å². The van der Waals surface area contributed by atoms with Crippen molar-refractivity contribution in [1.29, 1.82) is 0 Å². The van der Waals surface area contributed by atoms with Gasteiger partial charge in [-0.05, 0) is 50.1 Å². The average Bonchev–Trinajstić information content (AvgIpc) is 2.62. The van der Waals surface area contributed by atoms with Crippen LogP contribution >= 0.6 is 43.5 Å². The molecule has 0 aliphatic rings. The van der Waals surface area contributed by atoms with Gasteiger partial charge in [-0.1, -0.05) is 11.6 Å². The van der Waals surface area contributed by atoms with Crippen LogP contribution in [0.2, 0.25) is 5.02 Å². The number of hydrogen-bond acceptors (Lipinski definition) is 2. The Bertz CT molecular complexity index is 516. The Balaban J connectivity index is 2.14. The molecule has 17 heavy (non-hydrogen) atoms. The van der Waals surface area contributed by atoms with Crippen molar-refractivity contribution in [2.24, 2.45) is 7.05 Å². The second kappa shape index (κ2) is 5.42. The van der Waals surface area contributed by atoms with Gasteiger partial charge in [-0.2, -0.15) is 5.10 Å². The maximum Gasteiger partial charge on any atom is 0.0815 e. The van der Waals surface area contributed by atoms with Crippen LogP contribution in [0.25, 0.3) is 0 Å². The van der Waals surface area contributed by atoms with Crippen molar-refractivity contribution in [1.82, 2.24) is 9.78 Å². The van der Waals surface area contributed by atoms with E-state index >= 15 is 0 Å². The fourth-order valence-corrected chi connectivity index (χ4v) is 3.40. The van der Waals surface area contributed by atoms with Crippen LogP contribution in [-0.2, 0) is 13.6 Å². The van der Waals surface area contributed by atoms with Gasteiger partial charge in [0.15, 0.2) is 0 Å². The summed E-state index contributed by atoms with van der Waals surface area (Å²) in [7, 11) is 1.90. The van der Waals surface area contributed by atoms with Crippen molar-refractivity contribution in [3.63, 3.8) is 0 Å². The highest BCUT2D eigenvalue weighted by molar-refractivity contribution is 9.11. The summed E-state index contributed by atoms with van der Waals surface area (Å²) in [6, 6.07) is 5.69. The number of anilines is 1. The fraction of sp³-hybridized carbons (Fsp3) is 0.182. The van der Waals surface area contributed by atoms with Crippen LogP contribution in [0, 0.1) is 0 Å². The highest BCUT2D eigenvalue weighted by Crippen LogP contribution is 2.34. The van der Waals surface area contributed by atoms with E-state index in [9.17, 15) is 0 Å². The molecule has 1 heterocycles. The van der Waals surface area contributed by atoms with E-state index in [1.54, 1.807) is 4.68 Å². The Morgan fingerprint density at radius 1 is 1.35 bits per heavy atom. The van der Waals surface area contributed by atoms with E-state index in [0.717, 1.165) is 20.3 Å². The van der Waals surface area contributed by atoms with Crippen LogP contribution in [0.5, 0.6) is 0 Å². The molecule has 0 saturated carbocycles. The molecule has 0 saturated heterocycles. The SMILES string of the molecule is Cn1ccc(CNc2c(Br)cc(Cl)cc2Br)n1. The molecule has 0 spiro atoms. The monoisotopic (exact) mass is 377 g/mol. The second-order valence-corrected chi connectivity index (χ2v) is 5.72. The number of benzene rings is 1. The Hall–Kier alpha value is -0.520. The maximum atomic E-state index is 5.94.